The minimum atomic E-state index is -1.43. The lowest BCUT2D eigenvalue weighted by Crippen LogP contribution is -2.55. The second-order valence-electron chi connectivity index (χ2n) is 7.47. The van der Waals surface area contributed by atoms with E-state index in [0.29, 0.717) is 36.8 Å². The van der Waals surface area contributed by atoms with Crippen molar-refractivity contribution in [2.75, 3.05) is 26.4 Å². The number of aliphatic hydroxyl groups excluding tert-OH is 4. The van der Waals surface area contributed by atoms with Crippen LogP contribution in [0.5, 0.6) is 5.75 Å². The van der Waals surface area contributed by atoms with Crippen LogP contribution in [-0.4, -0.2) is 71.3 Å². The molecular weight excluding hydrogens is 424 g/mol. The van der Waals surface area contributed by atoms with Crippen LogP contribution in [0.15, 0.2) is 42.5 Å². The molecule has 31 heavy (non-hydrogen) atoms. The fourth-order valence-corrected chi connectivity index (χ4v) is 3.75. The second-order valence-corrected chi connectivity index (χ2v) is 7.87. The van der Waals surface area contributed by atoms with Gasteiger partial charge in [0, 0.05) is 11.6 Å². The molecule has 2 aromatic rings. The van der Waals surface area contributed by atoms with Gasteiger partial charge in [-0.3, -0.25) is 0 Å². The topological polar surface area (TPSA) is 109 Å². The molecule has 1 aliphatic rings. The van der Waals surface area contributed by atoms with Crippen molar-refractivity contribution in [2.24, 2.45) is 0 Å². The summed E-state index contributed by atoms with van der Waals surface area (Å²) in [5.41, 5.74) is 2.44. The average Bonchev–Trinajstić information content (AvgIpc) is 2.78. The van der Waals surface area contributed by atoms with Crippen molar-refractivity contribution >= 4 is 11.6 Å². The summed E-state index contributed by atoms with van der Waals surface area (Å²) in [6.07, 6.45) is -5.46. The first kappa shape index (κ1) is 23.9. The number of hydrogen-bond acceptors (Lipinski definition) is 7. The molecule has 0 radical (unpaired) electrons. The number of aliphatic hydroxyl groups is 4. The molecule has 1 heterocycles. The maximum Gasteiger partial charge on any atom is 0.119 e. The van der Waals surface area contributed by atoms with Crippen molar-refractivity contribution in [1.82, 2.24) is 0 Å². The van der Waals surface area contributed by atoms with E-state index in [9.17, 15) is 20.4 Å². The molecule has 7 nitrogen and oxygen atoms in total. The van der Waals surface area contributed by atoms with Gasteiger partial charge < -0.3 is 34.6 Å². The molecule has 0 amide bonds. The zero-order chi connectivity index (χ0) is 22.4. The molecule has 4 N–H and O–H groups in total. The Morgan fingerprint density at radius 1 is 0.968 bits per heavy atom. The van der Waals surface area contributed by atoms with Gasteiger partial charge in [0.05, 0.1) is 13.2 Å². The highest BCUT2D eigenvalue weighted by Gasteiger charge is 2.44. The molecule has 170 valence electrons. The molecule has 0 aliphatic carbocycles. The summed E-state index contributed by atoms with van der Waals surface area (Å²) in [4.78, 5) is 0. The first-order chi connectivity index (χ1) is 14.9. The van der Waals surface area contributed by atoms with E-state index in [4.69, 9.17) is 25.8 Å². The van der Waals surface area contributed by atoms with E-state index in [0.717, 1.165) is 16.9 Å². The predicted octanol–water partition coefficient (Wildman–Crippen LogP) is 1.86. The van der Waals surface area contributed by atoms with Crippen molar-refractivity contribution < 1.29 is 34.6 Å². The number of halogens is 1. The third-order valence-electron chi connectivity index (χ3n) is 5.31. The van der Waals surface area contributed by atoms with Gasteiger partial charge >= 0.3 is 0 Å². The van der Waals surface area contributed by atoms with Gasteiger partial charge in [0.1, 0.15) is 42.9 Å². The summed E-state index contributed by atoms with van der Waals surface area (Å²) in [5, 5.41) is 40.4. The maximum atomic E-state index is 10.4. The van der Waals surface area contributed by atoms with Gasteiger partial charge in [-0.1, -0.05) is 35.9 Å². The van der Waals surface area contributed by atoms with Crippen LogP contribution in [0.3, 0.4) is 0 Å². The van der Waals surface area contributed by atoms with E-state index in [1.165, 1.54) is 0 Å². The summed E-state index contributed by atoms with van der Waals surface area (Å²) in [6, 6.07) is 12.9. The van der Waals surface area contributed by atoms with Gasteiger partial charge in [-0.2, -0.15) is 0 Å². The first-order valence-corrected chi connectivity index (χ1v) is 10.7. The smallest absolute Gasteiger partial charge is 0.119 e. The zero-order valence-electron chi connectivity index (χ0n) is 17.4. The number of rotatable bonds is 9. The van der Waals surface area contributed by atoms with Crippen LogP contribution >= 0.6 is 11.6 Å². The van der Waals surface area contributed by atoms with Crippen LogP contribution in [-0.2, 0) is 15.9 Å². The lowest BCUT2D eigenvalue weighted by Gasteiger charge is -2.40. The molecule has 8 heteroatoms. The number of hydrogen-bond donors (Lipinski definition) is 4. The highest BCUT2D eigenvalue weighted by atomic mass is 35.5. The molecule has 1 aliphatic heterocycles. The van der Waals surface area contributed by atoms with Crippen LogP contribution in [0.4, 0.5) is 0 Å². The first-order valence-electron chi connectivity index (χ1n) is 10.3. The summed E-state index contributed by atoms with van der Waals surface area (Å²) in [7, 11) is 0. The van der Waals surface area contributed by atoms with E-state index < -0.39 is 37.1 Å². The monoisotopic (exact) mass is 452 g/mol. The maximum absolute atomic E-state index is 10.4. The average molecular weight is 453 g/mol. The molecule has 0 spiro atoms. The van der Waals surface area contributed by atoms with E-state index in [2.05, 4.69) is 0 Å². The molecule has 0 saturated carbocycles. The standard InChI is InChI=1S/C23H29ClO7/c1-2-29-9-10-30-17-6-3-14(4-7-17)11-16-12-15(5-8-18(16)24)23-22(28)21(27)20(26)19(13-25)31-23/h3-8,12,19-23,25-28H,2,9-11,13H2,1H3/t19-,20-,21+,22-,23+/m1/s1. The summed E-state index contributed by atoms with van der Waals surface area (Å²) < 4.78 is 16.5. The Morgan fingerprint density at radius 3 is 2.39 bits per heavy atom. The molecule has 1 saturated heterocycles. The minimum absolute atomic E-state index is 0.471. The van der Waals surface area contributed by atoms with Crippen molar-refractivity contribution in [3.63, 3.8) is 0 Å². The molecule has 0 unspecified atom stereocenters. The summed E-state index contributed by atoms with van der Waals surface area (Å²) >= 11 is 6.39. The van der Waals surface area contributed by atoms with Crippen molar-refractivity contribution in [3.8, 4) is 5.75 Å². The van der Waals surface area contributed by atoms with Gasteiger partial charge in [-0.25, -0.2) is 0 Å². The molecular formula is C23H29ClO7. The normalized spacial score (nSPS) is 26.1. The van der Waals surface area contributed by atoms with Gasteiger partial charge in [-0.15, -0.1) is 0 Å². The largest absolute Gasteiger partial charge is 0.491 e. The summed E-state index contributed by atoms with van der Waals surface area (Å²) in [6.45, 7) is 3.15. The van der Waals surface area contributed by atoms with E-state index in [1.807, 2.05) is 37.3 Å². The molecule has 1 fully saturated rings. The quantitative estimate of drug-likeness (QED) is 0.430. The van der Waals surface area contributed by atoms with Crippen molar-refractivity contribution in [2.45, 2.75) is 43.9 Å². The number of ether oxygens (including phenoxy) is 3. The SMILES string of the molecule is CCOCCOc1ccc(Cc2cc([C@@H]3O[C@H](CO)[C@@H](O)[C@H](O)[C@H]3O)ccc2Cl)cc1. The Balaban J connectivity index is 1.71. The Kier molecular flexibility index (Phi) is 8.68. The van der Waals surface area contributed by atoms with Crippen LogP contribution in [0, 0.1) is 0 Å². The second kappa shape index (κ2) is 11.2. The van der Waals surface area contributed by atoms with Gasteiger partial charge in [0.25, 0.3) is 0 Å². The Bertz CT molecular complexity index is 827. The molecule has 2 aromatic carbocycles. The lowest BCUT2D eigenvalue weighted by atomic mass is 9.90. The van der Waals surface area contributed by atoms with Crippen LogP contribution in [0.2, 0.25) is 5.02 Å². The Labute approximate surface area is 186 Å². The third kappa shape index (κ3) is 5.96. The fourth-order valence-electron chi connectivity index (χ4n) is 3.57. The van der Waals surface area contributed by atoms with Crippen LogP contribution in [0.25, 0.3) is 0 Å². The van der Waals surface area contributed by atoms with Gasteiger partial charge in [0.15, 0.2) is 0 Å². The van der Waals surface area contributed by atoms with Crippen LogP contribution < -0.4 is 4.74 Å². The van der Waals surface area contributed by atoms with Gasteiger partial charge in [-0.05, 0) is 48.2 Å². The third-order valence-corrected chi connectivity index (χ3v) is 5.68. The highest BCUT2D eigenvalue weighted by molar-refractivity contribution is 6.31. The van der Waals surface area contributed by atoms with Gasteiger partial charge in [0.2, 0.25) is 0 Å². The lowest BCUT2D eigenvalue weighted by molar-refractivity contribution is -0.231. The molecule has 3 rings (SSSR count). The van der Waals surface area contributed by atoms with Crippen molar-refractivity contribution in [3.05, 3.63) is 64.2 Å². The van der Waals surface area contributed by atoms with E-state index in [1.54, 1.807) is 12.1 Å². The van der Waals surface area contributed by atoms with E-state index >= 15 is 0 Å². The molecule has 5 atom stereocenters. The van der Waals surface area contributed by atoms with Crippen molar-refractivity contribution in [1.29, 1.82) is 0 Å². The predicted molar refractivity (Wildman–Crippen MR) is 115 cm³/mol. The Hall–Kier alpha value is -1.71. The highest BCUT2D eigenvalue weighted by Crippen LogP contribution is 2.34. The summed E-state index contributed by atoms with van der Waals surface area (Å²) in [5.74, 6) is 0.754. The minimum Gasteiger partial charge on any atom is -0.491 e. The zero-order valence-corrected chi connectivity index (χ0v) is 18.1. The molecule has 0 aromatic heterocycles. The van der Waals surface area contributed by atoms with E-state index in [-0.39, 0.29) is 0 Å². The molecule has 0 bridgehead atoms. The number of benzene rings is 2. The fraction of sp³-hybridized carbons (Fsp3) is 0.478. The Morgan fingerprint density at radius 2 is 1.71 bits per heavy atom. The van der Waals surface area contributed by atoms with Crippen LogP contribution in [0.1, 0.15) is 29.7 Å².